The first-order valence-corrected chi connectivity index (χ1v) is 11.4. The number of aliphatic hydroxyl groups excluding tert-OH is 1. The number of carbonyl (C=O) groups is 1. The number of nitrogens with zero attached hydrogens (tertiary/aromatic N) is 3. The molecular formula is C24H30ClN5O2. The zero-order valence-electron chi connectivity index (χ0n) is 18.7. The summed E-state index contributed by atoms with van der Waals surface area (Å²) < 4.78 is 0. The van der Waals surface area contributed by atoms with Crippen LogP contribution in [0.2, 0.25) is 5.02 Å². The highest BCUT2D eigenvalue weighted by Gasteiger charge is 2.40. The maximum atomic E-state index is 12.8. The maximum Gasteiger partial charge on any atom is 0.317 e. The van der Waals surface area contributed by atoms with Crippen LogP contribution in [0.5, 0.6) is 0 Å². The second-order valence-electron chi connectivity index (χ2n) is 9.24. The van der Waals surface area contributed by atoms with Crippen LogP contribution in [0.15, 0.2) is 42.7 Å². The first kappa shape index (κ1) is 22.6. The number of piperidine rings is 1. The zero-order valence-corrected chi connectivity index (χ0v) is 19.4. The quantitative estimate of drug-likeness (QED) is 0.512. The van der Waals surface area contributed by atoms with E-state index in [2.05, 4.69) is 34.3 Å². The van der Waals surface area contributed by atoms with E-state index in [1.807, 2.05) is 42.2 Å². The zero-order chi connectivity index (χ0) is 22.9. The van der Waals surface area contributed by atoms with Crippen molar-refractivity contribution in [3.8, 4) is 0 Å². The fraction of sp³-hybridized carbons (Fsp3) is 0.458. The lowest BCUT2D eigenvalue weighted by molar-refractivity contribution is -0.0144. The van der Waals surface area contributed by atoms with Gasteiger partial charge in [0.25, 0.3) is 0 Å². The van der Waals surface area contributed by atoms with Crippen LogP contribution in [-0.2, 0) is 0 Å². The molecule has 1 aliphatic heterocycles. The molecule has 1 aromatic carbocycles. The molecule has 3 aromatic rings. The van der Waals surface area contributed by atoms with E-state index < -0.39 is 11.5 Å². The Bertz CT molecular complexity index is 1080. The largest absolute Gasteiger partial charge is 0.388 e. The number of urea groups is 1. The molecule has 2 amide bonds. The van der Waals surface area contributed by atoms with Gasteiger partial charge in [-0.2, -0.15) is 5.10 Å². The second-order valence-corrected chi connectivity index (χ2v) is 9.68. The summed E-state index contributed by atoms with van der Waals surface area (Å²) in [7, 11) is 0. The van der Waals surface area contributed by atoms with E-state index in [4.69, 9.17) is 11.6 Å². The minimum Gasteiger partial charge on any atom is -0.388 e. The number of likely N-dealkylation sites (tertiary alicyclic amines) is 1. The molecule has 1 unspecified atom stereocenters. The SMILES string of the molecule is C[C@@H](NC(=O)N1CCC(C(C)(C)C(O)c2cc(Cl)cc3cn[nH]c23)CC1)c1ccccn1. The molecule has 1 fully saturated rings. The third-order valence-corrected chi connectivity index (χ3v) is 7.07. The molecule has 4 rings (SSSR count). The summed E-state index contributed by atoms with van der Waals surface area (Å²) in [6.07, 6.45) is 4.38. The fourth-order valence-electron chi connectivity index (χ4n) is 4.70. The molecule has 0 bridgehead atoms. The van der Waals surface area contributed by atoms with Gasteiger partial charge in [0.1, 0.15) is 0 Å². The topological polar surface area (TPSA) is 94.1 Å². The van der Waals surface area contributed by atoms with Crippen molar-refractivity contribution in [3.05, 3.63) is 59.0 Å². The number of hydrogen-bond donors (Lipinski definition) is 3. The van der Waals surface area contributed by atoms with Gasteiger partial charge in [-0.05, 0) is 55.4 Å². The first-order chi connectivity index (χ1) is 15.3. The van der Waals surface area contributed by atoms with Crippen molar-refractivity contribution in [1.29, 1.82) is 0 Å². The van der Waals surface area contributed by atoms with Crippen LogP contribution < -0.4 is 5.32 Å². The number of rotatable bonds is 5. The number of benzene rings is 1. The summed E-state index contributed by atoms with van der Waals surface area (Å²) in [4.78, 5) is 18.9. The van der Waals surface area contributed by atoms with Crippen molar-refractivity contribution in [2.45, 2.75) is 45.8 Å². The van der Waals surface area contributed by atoms with Crippen molar-refractivity contribution in [1.82, 2.24) is 25.4 Å². The summed E-state index contributed by atoms with van der Waals surface area (Å²) in [6.45, 7) is 7.41. The van der Waals surface area contributed by atoms with E-state index in [9.17, 15) is 9.90 Å². The second kappa shape index (κ2) is 9.08. The average molecular weight is 456 g/mol. The van der Waals surface area contributed by atoms with Gasteiger partial charge < -0.3 is 15.3 Å². The monoisotopic (exact) mass is 455 g/mol. The highest BCUT2D eigenvalue weighted by molar-refractivity contribution is 6.31. The van der Waals surface area contributed by atoms with Crippen LogP contribution in [0.1, 0.15) is 57.0 Å². The number of fused-ring (bicyclic) bond motifs is 1. The lowest BCUT2D eigenvalue weighted by atomic mass is 9.68. The first-order valence-electron chi connectivity index (χ1n) is 11.0. The molecule has 0 spiro atoms. The summed E-state index contributed by atoms with van der Waals surface area (Å²) in [6, 6.07) is 9.12. The third kappa shape index (κ3) is 4.45. The van der Waals surface area contributed by atoms with E-state index in [1.165, 1.54) is 0 Å². The number of amides is 2. The average Bonchev–Trinajstić information content (AvgIpc) is 3.27. The highest BCUT2D eigenvalue weighted by Crippen LogP contribution is 2.46. The highest BCUT2D eigenvalue weighted by atomic mass is 35.5. The Labute approximate surface area is 193 Å². The number of halogens is 1. The molecule has 32 heavy (non-hydrogen) atoms. The number of carbonyl (C=O) groups excluding carboxylic acids is 1. The van der Waals surface area contributed by atoms with E-state index in [0.717, 1.165) is 35.0 Å². The molecule has 3 heterocycles. The van der Waals surface area contributed by atoms with Crippen LogP contribution in [0.25, 0.3) is 10.9 Å². The molecule has 1 aliphatic rings. The van der Waals surface area contributed by atoms with Crippen LogP contribution in [0.4, 0.5) is 4.79 Å². The predicted octanol–water partition coefficient (Wildman–Crippen LogP) is 4.85. The Balaban J connectivity index is 1.40. The number of hydrogen-bond acceptors (Lipinski definition) is 4. The molecule has 2 atom stereocenters. The number of nitrogens with one attached hydrogen (secondary N) is 2. The fourth-order valence-corrected chi connectivity index (χ4v) is 4.93. The molecule has 1 saturated heterocycles. The summed E-state index contributed by atoms with van der Waals surface area (Å²) in [5.74, 6) is 0.256. The van der Waals surface area contributed by atoms with E-state index in [1.54, 1.807) is 12.4 Å². The van der Waals surface area contributed by atoms with Crippen molar-refractivity contribution in [2.24, 2.45) is 11.3 Å². The number of aromatic nitrogens is 3. The Kier molecular flexibility index (Phi) is 6.40. The predicted molar refractivity (Wildman–Crippen MR) is 125 cm³/mol. The molecule has 7 nitrogen and oxygen atoms in total. The number of pyridine rings is 1. The Morgan fingerprint density at radius 1 is 1.31 bits per heavy atom. The minimum absolute atomic E-state index is 0.0750. The summed E-state index contributed by atoms with van der Waals surface area (Å²) >= 11 is 6.29. The molecule has 2 aromatic heterocycles. The maximum absolute atomic E-state index is 12.8. The molecule has 170 valence electrons. The van der Waals surface area contributed by atoms with Crippen LogP contribution in [-0.4, -0.2) is 44.3 Å². The Morgan fingerprint density at radius 2 is 2.06 bits per heavy atom. The van der Waals surface area contributed by atoms with Gasteiger partial charge in [-0.25, -0.2) is 4.79 Å². The molecular weight excluding hydrogens is 426 g/mol. The summed E-state index contributed by atoms with van der Waals surface area (Å²) in [5.41, 5.74) is 2.02. The van der Waals surface area contributed by atoms with Crippen LogP contribution in [0.3, 0.4) is 0 Å². The van der Waals surface area contributed by atoms with Crippen molar-refractivity contribution in [3.63, 3.8) is 0 Å². The summed E-state index contributed by atoms with van der Waals surface area (Å²) in [5, 5.41) is 23.0. The molecule has 0 aliphatic carbocycles. The van der Waals surface area contributed by atoms with Gasteiger partial charge >= 0.3 is 6.03 Å². The molecule has 8 heteroatoms. The van der Waals surface area contributed by atoms with E-state index >= 15 is 0 Å². The standard InChI is InChI=1S/C24H30ClN5O2/c1-15(20-6-4-5-9-26-20)28-23(32)30-10-7-17(8-11-30)24(2,3)22(31)19-13-18(25)12-16-14-27-29-21(16)19/h4-6,9,12-15,17,22,31H,7-8,10-11H2,1-3H3,(H,27,29)(H,28,32)/t15-,22?/m1/s1. The van der Waals surface area contributed by atoms with Crippen LogP contribution in [0, 0.1) is 11.3 Å². The van der Waals surface area contributed by atoms with Gasteiger partial charge in [-0.3, -0.25) is 10.1 Å². The Hall–Kier alpha value is -2.64. The van der Waals surface area contributed by atoms with Crippen LogP contribution >= 0.6 is 11.6 Å². The van der Waals surface area contributed by atoms with Gasteiger partial charge in [0.15, 0.2) is 0 Å². The van der Waals surface area contributed by atoms with Gasteiger partial charge in [-0.15, -0.1) is 0 Å². The lowest BCUT2D eigenvalue weighted by Crippen LogP contribution is -2.47. The van der Waals surface area contributed by atoms with E-state index in [0.29, 0.717) is 18.1 Å². The van der Waals surface area contributed by atoms with Crippen molar-refractivity contribution in [2.75, 3.05) is 13.1 Å². The minimum atomic E-state index is -0.710. The van der Waals surface area contributed by atoms with Crippen molar-refractivity contribution < 1.29 is 9.90 Å². The number of aliphatic hydroxyl groups is 1. The van der Waals surface area contributed by atoms with E-state index in [-0.39, 0.29) is 18.0 Å². The molecule has 0 saturated carbocycles. The third-order valence-electron chi connectivity index (χ3n) is 6.85. The van der Waals surface area contributed by atoms with Gasteiger partial charge in [0.05, 0.1) is 29.6 Å². The Morgan fingerprint density at radius 3 is 2.75 bits per heavy atom. The number of H-pyrrole nitrogens is 1. The van der Waals surface area contributed by atoms with Gasteiger partial charge in [-0.1, -0.05) is 31.5 Å². The van der Waals surface area contributed by atoms with Gasteiger partial charge in [0.2, 0.25) is 0 Å². The lowest BCUT2D eigenvalue weighted by Gasteiger charge is -2.43. The van der Waals surface area contributed by atoms with Gasteiger partial charge in [0, 0.05) is 35.3 Å². The smallest absolute Gasteiger partial charge is 0.317 e. The van der Waals surface area contributed by atoms with Crippen molar-refractivity contribution >= 4 is 28.5 Å². The normalized spacial score (nSPS) is 17.3. The molecule has 3 N–H and O–H groups in total. The molecule has 0 radical (unpaired) electrons. The number of aromatic amines is 1.